The average Bonchev–Trinajstić information content (AvgIpc) is 2.32. The van der Waals surface area contributed by atoms with E-state index in [4.69, 9.17) is 0 Å². The summed E-state index contributed by atoms with van der Waals surface area (Å²) >= 11 is 0. The zero-order chi connectivity index (χ0) is 13.3. The second-order valence-electron chi connectivity index (χ2n) is 5.40. The highest BCUT2D eigenvalue weighted by Gasteiger charge is 2.25. The number of anilines is 1. The number of nitrogens with zero attached hydrogens (tertiary/aromatic N) is 1. The van der Waals surface area contributed by atoms with Gasteiger partial charge in [-0.1, -0.05) is 6.92 Å². The molecule has 1 aromatic carbocycles. The Labute approximate surface area is 108 Å². The quantitative estimate of drug-likeness (QED) is 0.746. The average molecular weight is 249 g/mol. The van der Waals surface area contributed by atoms with Crippen molar-refractivity contribution >= 4 is 11.5 Å². The summed E-state index contributed by atoms with van der Waals surface area (Å²) in [4.78, 5) is 13.9. The fourth-order valence-electron chi connectivity index (χ4n) is 2.67. The predicted octanol–water partition coefficient (Wildman–Crippen LogP) is 3.65. The van der Waals surface area contributed by atoms with Gasteiger partial charge in [0.15, 0.2) is 5.78 Å². The van der Waals surface area contributed by atoms with E-state index in [1.165, 1.54) is 25.5 Å². The number of carbonyl (C=O) groups excluding carboxylic acids is 1. The molecule has 1 heterocycles. The number of hydrogen-bond acceptors (Lipinski definition) is 2. The number of Topliss-reactive ketones (excluding diaryl/α,β-unsaturated/α-hetero) is 1. The Hall–Kier alpha value is -1.38. The van der Waals surface area contributed by atoms with Crippen LogP contribution < -0.4 is 4.90 Å². The number of benzene rings is 1. The Morgan fingerprint density at radius 2 is 2.06 bits per heavy atom. The fourth-order valence-corrected chi connectivity index (χ4v) is 2.67. The van der Waals surface area contributed by atoms with Crippen LogP contribution in [0.25, 0.3) is 0 Å². The summed E-state index contributed by atoms with van der Waals surface area (Å²) in [6.45, 7) is 6.82. The molecule has 3 heteroatoms. The third kappa shape index (κ3) is 2.55. The molecular formula is C15H20FNO. The summed E-state index contributed by atoms with van der Waals surface area (Å²) in [5.74, 6) is 0.197. The third-order valence-electron chi connectivity index (χ3n) is 3.76. The fraction of sp³-hybridized carbons (Fsp3) is 0.533. The van der Waals surface area contributed by atoms with E-state index in [0.717, 1.165) is 18.7 Å². The van der Waals surface area contributed by atoms with Gasteiger partial charge in [-0.3, -0.25) is 4.79 Å². The number of hydrogen-bond donors (Lipinski definition) is 0. The summed E-state index contributed by atoms with van der Waals surface area (Å²) in [5, 5.41) is 0. The van der Waals surface area contributed by atoms with Gasteiger partial charge in [0.1, 0.15) is 5.82 Å². The summed E-state index contributed by atoms with van der Waals surface area (Å²) in [7, 11) is 0. The molecule has 98 valence electrons. The monoisotopic (exact) mass is 249 g/mol. The van der Waals surface area contributed by atoms with E-state index in [1.807, 2.05) is 0 Å². The zero-order valence-corrected chi connectivity index (χ0v) is 11.2. The van der Waals surface area contributed by atoms with E-state index in [0.29, 0.717) is 17.5 Å². The van der Waals surface area contributed by atoms with Gasteiger partial charge in [-0.15, -0.1) is 0 Å². The molecule has 0 saturated carbocycles. The summed E-state index contributed by atoms with van der Waals surface area (Å²) in [6.07, 6.45) is 2.34. The van der Waals surface area contributed by atoms with Crippen LogP contribution in [0.5, 0.6) is 0 Å². The number of rotatable bonds is 2. The summed E-state index contributed by atoms with van der Waals surface area (Å²) < 4.78 is 13.3. The minimum Gasteiger partial charge on any atom is -0.368 e. The highest BCUT2D eigenvalue weighted by Crippen LogP contribution is 2.30. The first-order valence-electron chi connectivity index (χ1n) is 6.56. The molecule has 0 N–H and O–H groups in total. The second-order valence-corrected chi connectivity index (χ2v) is 5.40. The molecule has 2 unspecified atom stereocenters. The van der Waals surface area contributed by atoms with E-state index >= 15 is 0 Å². The van der Waals surface area contributed by atoms with Crippen LogP contribution in [0.15, 0.2) is 18.2 Å². The van der Waals surface area contributed by atoms with Crippen molar-refractivity contribution < 1.29 is 9.18 Å². The lowest BCUT2D eigenvalue weighted by Gasteiger charge is -2.39. The van der Waals surface area contributed by atoms with Crippen LogP contribution in [0.1, 0.15) is 44.0 Å². The van der Waals surface area contributed by atoms with Gasteiger partial charge in [-0.2, -0.15) is 0 Å². The second kappa shape index (κ2) is 5.09. The number of carbonyl (C=O) groups is 1. The number of piperidine rings is 1. The van der Waals surface area contributed by atoms with Crippen molar-refractivity contribution in [2.45, 2.75) is 39.7 Å². The molecule has 1 aliphatic heterocycles. The first kappa shape index (κ1) is 13.1. The van der Waals surface area contributed by atoms with Crippen molar-refractivity contribution in [2.75, 3.05) is 11.4 Å². The van der Waals surface area contributed by atoms with Crippen LogP contribution in [0.4, 0.5) is 10.1 Å². The van der Waals surface area contributed by atoms with Crippen molar-refractivity contribution in [1.82, 2.24) is 0 Å². The first-order valence-corrected chi connectivity index (χ1v) is 6.56. The van der Waals surface area contributed by atoms with E-state index in [2.05, 4.69) is 18.7 Å². The minimum atomic E-state index is -0.346. The van der Waals surface area contributed by atoms with Crippen LogP contribution in [-0.2, 0) is 0 Å². The van der Waals surface area contributed by atoms with Gasteiger partial charge in [0.2, 0.25) is 0 Å². The van der Waals surface area contributed by atoms with E-state index in [9.17, 15) is 9.18 Å². The van der Waals surface area contributed by atoms with Gasteiger partial charge in [0.25, 0.3) is 0 Å². The topological polar surface area (TPSA) is 20.3 Å². The van der Waals surface area contributed by atoms with Crippen molar-refractivity contribution in [3.8, 4) is 0 Å². The van der Waals surface area contributed by atoms with E-state index in [-0.39, 0.29) is 11.6 Å². The Bertz CT molecular complexity index is 458. The number of halogens is 1. The molecule has 2 nitrogen and oxygen atoms in total. The molecule has 0 aliphatic carbocycles. The Balaban J connectivity index is 2.40. The molecule has 1 fully saturated rings. The van der Waals surface area contributed by atoms with Crippen molar-refractivity contribution in [3.05, 3.63) is 29.6 Å². The lowest BCUT2D eigenvalue weighted by molar-refractivity contribution is 0.101. The number of ketones is 1. The van der Waals surface area contributed by atoms with Crippen LogP contribution in [0.2, 0.25) is 0 Å². The predicted molar refractivity (Wildman–Crippen MR) is 71.6 cm³/mol. The molecule has 0 radical (unpaired) electrons. The first-order chi connectivity index (χ1) is 8.49. The largest absolute Gasteiger partial charge is 0.368 e. The maximum absolute atomic E-state index is 13.3. The summed E-state index contributed by atoms with van der Waals surface area (Å²) in [6, 6.07) is 4.93. The zero-order valence-electron chi connectivity index (χ0n) is 11.2. The molecule has 1 aromatic rings. The molecule has 0 bridgehead atoms. The van der Waals surface area contributed by atoms with E-state index in [1.54, 1.807) is 6.07 Å². The Morgan fingerprint density at radius 1 is 1.33 bits per heavy atom. The minimum absolute atomic E-state index is 0.0741. The van der Waals surface area contributed by atoms with Crippen molar-refractivity contribution in [1.29, 1.82) is 0 Å². The molecule has 0 aromatic heterocycles. The summed E-state index contributed by atoms with van der Waals surface area (Å²) in [5.41, 5.74) is 1.37. The lowest BCUT2D eigenvalue weighted by atomic mass is 9.93. The SMILES string of the molecule is CC(=O)c1cc(F)ccc1N1CC(C)CCC1C. The maximum atomic E-state index is 13.3. The van der Waals surface area contributed by atoms with Crippen LogP contribution in [-0.4, -0.2) is 18.4 Å². The van der Waals surface area contributed by atoms with Crippen molar-refractivity contribution in [2.24, 2.45) is 5.92 Å². The molecule has 18 heavy (non-hydrogen) atoms. The van der Waals surface area contributed by atoms with Crippen LogP contribution >= 0.6 is 0 Å². The van der Waals surface area contributed by atoms with Gasteiger partial charge < -0.3 is 4.90 Å². The van der Waals surface area contributed by atoms with Gasteiger partial charge in [0.05, 0.1) is 0 Å². The van der Waals surface area contributed by atoms with E-state index < -0.39 is 0 Å². The normalized spacial score (nSPS) is 24.1. The van der Waals surface area contributed by atoms with Crippen LogP contribution in [0.3, 0.4) is 0 Å². The molecule has 0 spiro atoms. The third-order valence-corrected chi connectivity index (χ3v) is 3.76. The standard InChI is InChI=1S/C15H20FNO/c1-10-4-5-11(2)17(9-10)15-7-6-13(16)8-14(15)12(3)18/h6-8,10-11H,4-5,9H2,1-3H3. The molecule has 1 aliphatic rings. The molecule has 0 amide bonds. The van der Waals surface area contributed by atoms with Crippen LogP contribution in [0, 0.1) is 11.7 Å². The molecule has 2 atom stereocenters. The smallest absolute Gasteiger partial charge is 0.161 e. The van der Waals surface area contributed by atoms with Gasteiger partial charge >= 0.3 is 0 Å². The lowest BCUT2D eigenvalue weighted by Crippen LogP contribution is -2.41. The van der Waals surface area contributed by atoms with Gasteiger partial charge in [-0.25, -0.2) is 4.39 Å². The van der Waals surface area contributed by atoms with Crippen molar-refractivity contribution in [3.63, 3.8) is 0 Å². The maximum Gasteiger partial charge on any atom is 0.161 e. The Kier molecular flexibility index (Phi) is 3.69. The highest BCUT2D eigenvalue weighted by atomic mass is 19.1. The van der Waals surface area contributed by atoms with Gasteiger partial charge in [0, 0.05) is 23.8 Å². The molecule has 1 saturated heterocycles. The Morgan fingerprint density at radius 3 is 2.72 bits per heavy atom. The van der Waals surface area contributed by atoms with Gasteiger partial charge in [-0.05, 0) is 50.8 Å². The molecular weight excluding hydrogens is 229 g/mol. The molecule has 2 rings (SSSR count). The highest BCUT2D eigenvalue weighted by molar-refractivity contribution is 5.99.